The summed E-state index contributed by atoms with van der Waals surface area (Å²) in [4.78, 5) is 18.9. The molecule has 40 heavy (non-hydrogen) atoms. The van der Waals surface area contributed by atoms with Crippen LogP contribution in [0.5, 0.6) is 5.75 Å². The highest BCUT2D eigenvalue weighted by Gasteiger charge is 2.15. The van der Waals surface area contributed by atoms with E-state index in [0.717, 1.165) is 16.8 Å². The number of hydrogen-bond acceptors (Lipinski definition) is 5. The molecule has 0 fully saturated rings. The lowest BCUT2D eigenvalue weighted by Gasteiger charge is -2.27. The number of amides is 1. The van der Waals surface area contributed by atoms with Gasteiger partial charge in [-0.15, -0.1) is 0 Å². The van der Waals surface area contributed by atoms with Gasteiger partial charge in [0.25, 0.3) is 0 Å². The maximum Gasteiger partial charge on any atom is 0.226 e. The van der Waals surface area contributed by atoms with Crippen molar-refractivity contribution in [3.05, 3.63) is 112 Å². The number of thiocarbonyl (C=S) groups is 1. The topological polar surface area (TPSA) is 106 Å². The molecule has 0 aliphatic rings. The minimum Gasteiger partial charge on any atom is -0.508 e. The van der Waals surface area contributed by atoms with E-state index >= 15 is 0 Å². The number of benzene rings is 3. The van der Waals surface area contributed by atoms with E-state index in [0.29, 0.717) is 52.6 Å². The first-order valence-electron chi connectivity index (χ1n) is 12.3. The molecule has 0 aliphatic heterocycles. The first-order chi connectivity index (χ1) is 19.3. The minimum absolute atomic E-state index is 0.153. The first kappa shape index (κ1) is 28.9. The molecule has 3 N–H and O–H groups in total. The summed E-state index contributed by atoms with van der Waals surface area (Å²) in [5.41, 5.74) is 3.88. The molecule has 204 valence electrons. The van der Waals surface area contributed by atoms with Gasteiger partial charge in [-0.05, 0) is 65.8 Å². The van der Waals surface area contributed by atoms with Crippen molar-refractivity contribution >= 4 is 52.1 Å². The van der Waals surface area contributed by atoms with Crippen molar-refractivity contribution in [2.75, 3.05) is 18.4 Å². The van der Waals surface area contributed by atoms with Crippen molar-refractivity contribution in [3.63, 3.8) is 0 Å². The molecule has 0 atom stereocenters. The van der Waals surface area contributed by atoms with Crippen molar-refractivity contribution in [2.45, 2.75) is 19.5 Å². The summed E-state index contributed by atoms with van der Waals surface area (Å²) in [6.45, 7) is 1.65. The third-order valence-electron chi connectivity index (χ3n) is 6.08. The smallest absolute Gasteiger partial charge is 0.226 e. The normalized spacial score (nSPS) is 10.5. The van der Waals surface area contributed by atoms with Crippen molar-refractivity contribution in [1.29, 1.82) is 5.26 Å². The molecule has 0 saturated heterocycles. The molecule has 11 heteroatoms. The van der Waals surface area contributed by atoms with Gasteiger partial charge in [-0.25, -0.2) is 4.98 Å². The Kier molecular flexibility index (Phi) is 9.97. The Labute approximate surface area is 247 Å². The summed E-state index contributed by atoms with van der Waals surface area (Å²) < 4.78 is 1.91. The number of imidazole rings is 1. The van der Waals surface area contributed by atoms with Crippen molar-refractivity contribution < 1.29 is 9.90 Å². The van der Waals surface area contributed by atoms with E-state index in [-0.39, 0.29) is 18.1 Å². The van der Waals surface area contributed by atoms with Crippen LogP contribution in [0.25, 0.3) is 0 Å². The van der Waals surface area contributed by atoms with Gasteiger partial charge in [-0.1, -0.05) is 47.5 Å². The number of halogens is 2. The van der Waals surface area contributed by atoms with E-state index in [1.807, 2.05) is 33.7 Å². The number of anilines is 1. The average Bonchev–Trinajstić information content (AvgIpc) is 3.38. The second-order valence-corrected chi connectivity index (χ2v) is 10.1. The van der Waals surface area contributed by atoms with E-state index in [1.54, 1.807) is 55.0 Å². The summed E-state index contributed by atoms with van der Waals surface area (Å²) in [6.07, 6.45) is 3.52. The van der Waals surface area contributed by atoms with Crippen LogP contribution in [0.2, 0.25) is 10.0 Å². The maximum absolute atomic E-state index is 12.8. The Balaban J connectivity index is 1.37. The molecule has 4 aromatic rings. The summed E-state index contributed by atoms with van der Waals surface area (Å²) in [5.74, 6) is -0.000258. The van der Waals surface area contributed by atoms with Crippen LogP contribution in [-0.4, -0.2) is 43.7 Å². The second kappa shape index (κ2) is 13.8. The predicted octanol–water partition coefficient (Wildman–Crippen LogP) is 5.37. The van der Waals surface area contributed by atoms with Gasteiger partial charge >= 0.3 is 0 Å². The highest BCUT2D eigenvalue weighted by atomic mass is 35.5. The quantitative estimate of drug-likeness (QED) is 0.168. The monoisotopic (exact) mass is 592 g/mol. The number of carbonyl (C=O) groups excluding carboxylic acids is 1. The fraction of sp³-hybridized carbons (Fsp3) is 0.172. The van der Waals surface area contributed by atoms with E-state index < -0.39 is 0 Å². The zero-order valence-corrected chi connectivity index (χ0v) is 23.7. The Morgan fingerprint density at radius 1 is 1.10 bits per heavy atom. The van der Waals surface area contributed by atoms with Crippen molar-refractivity contribution in [1.82, 2.24) is 19.8 Å². The highest BCUT2D eigenvalue weighted by Crippen LogP contribution is 2.27. The lowest BCUT2D eigenvalue weighted by atomic mass is 10.1. The average molecular weight is 594 g/mol. The van der Waals surface area contributed by atoms with Gasteiger partial charge < -0.3 is 25.2 Å². The molecule has 0 bridgehead atoms. The molecule has 1 aromatic heterocycles. The van der Waals surface area contributed by atoms with Gasteiger partial charge in [0.05, 0.1) is 34.4 Å². The summed E-state index contributed by atoms with van der Waals surface area (Å²) >= 11 is 18.3. The molecule has 4 rings (SSSR count). The summed E-state index contributed by atoms with van der Waals surface area (Å²) in [7, 11) is 0. The largest absolute Gasteiger partial charge is 0.508 e. The van der Waals surface area contributed by atoms with Crippen LogP contribution in [0, 0.1) is 11.3 Å². The van der Waals surface area contributed by atoms with E-state index in [1.165, 1.54) is 0 Å². The van der Waals surface area contributed by atoms with Crippen molar-refractivity contribution in [2.24, 2.45) is 0 Å². The lowest BCUT2D eigenvalue weighted by molar-refractivity contribution is -0.120. The van der Waals surface area contributed by atoms with Crippen LogP contribution in [0.3, 0.4) is 0 Å². The molecule has 0 unspecified atom stereocenters. The number of carbonyl (C=O) groups is 1. The molecule has 1 heterocycles. The van der Waals surface area contributed by atoms with Crippen LogP contribution in [0.4, 0.5) is 5.69 Å². The molecular formula is C29H26Cl2N6O2S. The molecule has 3 aromatic carbocycles. The highest BCUT2D eigenvalue weighted by molar-refractivity contribution is 7.80. The molecular weight excluding hydrogens is 567 g/mol. The number of aromatic hydroxyl groups is 1. The molecule has 0 spiro atoms. The fourth-order valence-corrected chi connectivity index (χ4v) is 4.61. The van der Waals surface area contributed by atoms with Gasteiger partial charge in [0.15, 0.2) is 5.11 Å². The number of rotatable bonds is 10. The molecule has 0 aliphatic carbocycles. The van der Waals surface area contributed by atoms with Crippen LogP contribution in [0.15, 0.2) is 79.3 Å². The maximum atomic E-state index is 12.8. The number of nitriles is 1. The Morgan fingerprint density at radius 3 is 2.58 bits per heavy atom. The molecule has 8 nitrogen and oxygen atoms in total. The van der Waals surface area contributed by atoms with Crippen LogP contribution in [-0.2, 0) is 24.3 Å². The Morgan fingerprint density at radius 2 is 1.85 bits per heavy atom. The third kappa shape index (κ3) is 7.96. The molecule has 0 radical (unpaired) electrons. The zero-order chi connectivity index (χ0) is 28.5. The number of nitrogens with one attached hydrogen (secondary N) is 2. The predicted molar refractivity (Wildman–Crippen MR) is 160 cm³/mol. The van der Waals surface area contributed by atoms with Crippen LogP contribution >= 0.6 is 35.4 Å². The third-order valence-corrected chi connectivity index (χ3v) is 7.30. The van der Waals surface area contributed by atoms with Gasteiger partial charge in [0, 0.05) is 43.8 Å². The number of phenolic OH excluding ortho intramolecular Hbond substituents is 1. The standard InChI is InChI=1S/C29H26Cl2N6O2S/c30-26-3-1-2-22(28(26)31)18-36(29(40)35-23-8-10-25(38)11-9-23)13-12-34-27(39)14-24-16-33-19-37(24)17-21-6-4-20(15-32)5-7-21/h1-11,16,19,38H,12-14,17-18H2,(H,34,39)(H,35,40). The fourth-order valence-electron chi connectivity index (χ4n) is 3.95. The Bertz CT molecular complexity index is 1520. The number of hydrogen-bond donors (Lipinski definition) is 3. The van der Waals surface area contributed by atoms with Gasteiger partial charge in [0.2, 0.25) is 5.91 Å². The molecule has 1 amide bonds. The second-order valence-electron chi connectivity index (χ2n) is 8.96. The first-order valence-corrected chi connectivity index (χ1v) is 13.5. The van der Waals surface area contributed by atoms with E-state index in [4.69, 9.17) is 40.7 Å². The van der Waals surface area contributed by atoms with Gasteiger partial charge in [0.1, 0.15) is 5.75 Å². The number of aromatic nitrogens is 2. The minimum atomic E-state index is -0.153. The SMILES string of the molecule is N#Cc1ccc(Cn2cncc2CC(=O)NCCN(Cc2cccc(Cl)c2Cl)C(=S)Nc2ccc(O)cc2)cc1. The van der Waals surface area contributed by atoms with Crippen LogP contribution in [0.1, 0.15) is 22.4 Å². The Hall–Kier alpha value is -4.10. The van der Waals surface area contributed by atoms with Gasteiger partial charge in [-0.2, -0.15) is 5.26 Å². The summed E-state index contributed by atoms with van der Waals surface area (Å²) in [6, 6.07) is 21.4. The summed E-state index contributed by atoms with van der Waals surface area (Å²) in [5, 5.41) is 26.0. The van der Waals surface area contributed by atoms with Crippen molar-refractivity contribution in [3.8, 4) is 11.8 Å². The van der Waals surface area contributed by atoms with E-state index in [2.05, 4.69) is 21.7 Å². The lowest BCUT2D eigenvalue weighted by Crippen LogP contribution is -2.40. The number of nitrogens with zero attached hydrogens (tertiary/aromatic N) is 4. The van der Waals surface area contributed by atoms with Gasteiger partial charge in [-0.3, -0.25) is 4.79 Å². The number of phenols is 1. The van der Waals surface area contributed by atoms with Crippen LogP contribution < -0.4 is 10.6 Å². The molecule has 0 saturated carbocycles. The van der Waals surface area contributed by atoms with E-state index in [9.17, 15) is 9.90 Å². The zero-order valence-electron chi connectivity index (χ0n) is 21.3.